The van der Waals surface area contributed by atoms with Gasteiger partial charge in [-0.15, -0.1) is 0 Å². The number of benzene rings is 1. The number of sulfone groups is 1. The van der Waals surface area contributed by atoms with Crippen LogP contribution in [0.25, 0.3) is 0 Å². The summed E-state index contributed by atoms with van der Waals surface area (Å²) in [7, 11) is -2.91. The number of rotatable bonds is 5. The summed E-state index contributed by atoms with van der Waals surface area (Å²) in [5.41, 5.74) is 7.16. The molecule has 21 heavy (non-hydrogen) atoms. The first-order chi connectivity index (χ1) is 9.96. The van der Waals surface area contributed by atoms with E-state index >= 15 is 0 Å². The van der Waals surface area contributed by atoms with E-state index in [1.165, 1.54) is 0 Å². The van der Waals surface area contributed by atoms with E-state index in [-0.39, 0.29) is 17.5 Å². The second-order valence-electron chi connectivity index (χ2n) is 5.73. The molecule has 1 heterocycles. The Kier molecular flexibility index (Phi) is 5.75. The first kappa shape index (κ1) is 16.4. The summed E-state index contributed by atoms with van der Waals surface area (Å²) in [4.78, 5) is 2.00. The first-order valence-corrected chi connectivity index (χ1v) is 9.19. The van der Waals surface area contributed by atoms with E-state index in [0.717, 1.165) is 5.56 Å². The fraction of sp³-hybridized carbons (Fsp3) is 0.600. The highest BCUT2D eigenvalue weighted by Gasteiger charge is 2.23. The maximum Gasteiger partial charge on any atom is 0.151 e. The fourth-order valence-electron chi connectivity index (χ4n) is 2.59. The van der Waals surface area contributed by atoms with Crippen molar-refractivity contribution in [2.45, 2.75) is 25.0 Å². The minimum absolute atomic E-state index is 0.174. The third kappa shape index (κ3) is 5.39. The van der Waals surface area contributed by atoms with Crippen molar-refractivity contribution in [3.8, 4) is 0 Å². The van der Waals surface area contributed by atoms with E-state index in [2.05, 4.69) is 0 Å². The minimum atomic E-state index is -2.91. The van der Waals surface area contributed by atoms with Gasteiger partial charge < -0.3 is 10.8 Å². The maximum atomic E-state index is 11.6. The molecular weight excluding hydrogens is 288 g/mol. The zero-order chi connectivity index (χ0) is 15.3. The molecule has 2 atom stereocenters. The van der Waals surface area contributed by atoms with Crippen LogP contribution in [0.2, 0.25) is 0 Å². The number of aliphatic hydroxyl groups is 1. The number of aliphatic hydroxyl groups excluding tert-OH is 1. The van der Waals surface area contributed by atoms with Gasteiger partial charge in [-0.25, -0.2) is 8.42 Å². The van der Waals surface area contributed by atoms with E-state index in [1.807, 2.05) is 35.2 Å². The summed E-state index contributed by atoms with van der Waals surface area (Å²) >= 11 is 0. The van der Waals surface area contributed by atoms with Crippen LogP contribution in [0, 0.1) is 0 Å². The Morgan fingerprint density at radius 1 is 1.19 bits per heavy atom. The van der Waals surface area contributed by atoms with Crippen LogP contribution in [0.1, 0.15) is 12.0 Å². The molecule has 0 aromatic heterocycles. The van der Waals surface area contributed by atoms with Gasteiger partial charge in [0.05, 0.1) is 17.6 Å². The van der Waals surface area contributed by atoms with Crippen molar-refractivity contribution < 1.29 is 13.5 Å². The van der Waals surface area contributed by atoms with Crippen molar-refractivity contribution >= 4 is 9.84 Å². The van der Waals surface area contributed by atoms with Gasteiger partial charge in [-0.05, 0) is 24.9 Å². The van der Waals surface area contributed by atoms with Crippen LogP contribution in [0.3, 0.4) is 0 Å². The number of nitrogens with two attached hydrogens (primary N) is 1. The first-order valence-electron chi connectivity index (χ1n) is 7.36. The Bertz CT molecular complexity index is 533. The molecule has 0 aliphatic carbocycles. The maximum absolute atomic E-state index is 11.6. The van der Waals surface area contributed by atoms with Crippen molar-refractivity contribution in [1.29, 1.82) is 0 Å². The smallest absolute Gasteiger partial charge is 0.151 e. The van der Waals surface area contributed by atoms with Gasteiger partial charge in [0.15, 0.2) is 9.84 Å². The lowest BCUT2D eigenvalue weighted by Crippen LogP contribution is -2.45. The standard InChI is InChI=1S/C15H24N2O3S/c16-14(11-13-5-2-1-3-6-13)15(18)12-17-7-4-9-21(19,20)10-8-17/h1-3,5-6,14-15,18H,4,7-12,16H2. The lowest BCUT2D eigenvalue weighted by molar-refractivity contribution is 0.0942. The van der Waals surface area contributed by atoms with Crippen molar-refractivity contribution in [2.75, 3.05) is 31.1 Å². The topological polar surface area (TPSA) is 83.6 Å². The lowest BCUT2D eigenvalue weighted by Gasteiger charge is -2.26. The van der Waals surface area contributed by atoms with Crippen LogP contribution in [0.4, 0.5) is 0 Å². The summed E-state index contributed by atoms with van der Waals surface area (Å²) in [6.07, 6.45) is 0.600. The molecule has 2 unspecified atom stereocenters. The van der Waals surface area contributed by atoms with Gasteiger partial charge >= 0.3 is 0 Å². The SMILES string of the molecule is NC(Cc1ccccc1)C(O)CN1CCCS(=O)(=O)CC1. The fourth-order valence-corrected chi connectivity index (χ4v) is 3.90. The van der Waals surface area contributed by atoms with Crippen molar-refractivity contribution in [3.63, 3.8) is 0 Å². The highest BCUT2D eigenvalue weighted by Crippen LogP contribution is 2.09. The normalized spacial score (nSPS) is 22.4. The quantitative estimate of drug-likeness (QED) is 0.802. The van der Waals surface area contributed by atoms with Crippen molar-refractivity contribution in [1.82, 2.24) is 4.90 Å². The molecule has 0 saturated carbocycles. The van der Waals surface area contributed by atoms with Crippen LogP contribution < -0.4 is 5.73 Å². The number of β-amino-alcohol motifs (C(OH)–C–C–N with tert-alkyl or cyclic N) is 1. The van der Waals surface area contributed by atoms with Gasteiger partial charge in [0.2, 0.25) is 0 Å². The Balaban J connectivity index is 1.84. The van der Waals surface area contributed by atoms with E-state index < -0.39 is 15.9 Å². The molecule has 0 radical (unpaired) electrons. The van der Waals surface area contributed by atoms with Crippen LogP contribution in [0.5, 0.6) is 0 Å². The highest BCUT2D eigenvalue weighted by atomic mass is 32.2. The predicted octanol–water partition coefficient (Wildman–Crippen LogP) is 0.0378. The van der Waals surface area contributed by atoms with E-state index in [9.17, 15) is 13.5 Å². The summed E-state index contributed by atoms with van der Waals surface area (Å²) < 4.78 is 23.1. The molecule has 0 bridgehead atoms. The van der Waals surface area contributed by atoms with Gasteiger partial charge in [-0.2, -0.15) is 0 Å². The molecule has 118 valence electrons. The summed E-state index contributed by atoms with van der Waals surface area (Å²) in [6, 6.07) is 9.49. The average molecular weight is 312 g/mol. The molecule has 6 heteroatoms. The molecule has 1 fully saturated rings. The Morgan fingerprint density at radius 2 is 1.90 bits per heavy atom. The van der Waals surface area contributed by atoms with Crippen LogP contribution in [-0.4, -0.2) is 61.7 Å². The number of hydrogen-bond acceptors (Lipinski definition) is 5. The highest BCUT2D eigenvalue weighted by molar-refractivity contribution is 7.91. The largest absolute Gasteiger partial charge is 0.390 e. The third-order valence-corrected chi connectivity index (χ3v) is 5.62. The van der Waals surface area contributed by atoms with Gasteiger partial charge in [0, 0.05) is 19.1 Å². The Hall–Kier alpha value is -0.950. The number of hydrogen-bond donors (Lipinski definition) is 2. The minimum Gasteiger partial charge on any atom is -0.390 e. The zero-order valence-electron chi connectivity index (χ0n) is 12.2. The molecule has 5 nitrogen and oxygen atoms in total. The van der Waals surface area contributed by atoms with Crippen LogP contribution >= 0.6 is 0 Å². The molecule has 1 aliphatic rings. The molecule has 2 rings (SSSR count). The zero-order valence-corrected chi connectivity index (χ0v) is 13.0. The van der Waals surface area contributed by atoms with Gasteiger partial charge in [-0.1, -0.05) is 30.3 Å². The van der Waals surface area contributed by atoms with Crippen molar-refractivity contribution in [3.05, 3.63) is 35.9 Å². The monoisotopic (exact) mass is 312 g/mol. The van der Waals surface area contributed by atoms with Gasteiger partial charge in [0.1, 0.15) is 0 Å². The lowest BCUT2D eigenvalue weighted by atomic mass is 10.0. The van der Waals surface area contributed by atoms with Gasteiger partial charge in [-0.3, -0.25) is 4.90 Å². The molecule has 3 N–H and O–H groups in total. The Labute approximate surface area is 126 Å². The Morgan fingerprint density at radius 3 is 2.62 bits per heavy atom. The summed E-state index contributed by atoms with van der Waals surface area (Å²) in [5.74, 6) is 0.420. The molecule has 1 aliphatic heterocycles. The number of nitrogens with zero attached hydrogens (tertiary/aromatic N) is 1. The van der Waals surface area contributed by atoms with E-state index in [4.69, 9.17) is 5.73 Å². The molecule has 0 spiro atoms. The van der Waals surface area contributed by atoms with E-state index in [1.54, 1.807) is 0 Å². The predicted molar refractivity (Wildman–Crippen MR) is 83.8 cm³/mol. The van der Waals surface area contributed by atoms with Gasteiger partial charge in [0.25, 0.3) is 0 Å². The molecule has 0 amide bonds. The van der Waals surface area contributed by atoms with Crippen LogP contribution in [0.15, 0.2) is 30.3 Å². The summed E-state index contributed by atoms with van der Waals surface area (Å²) in [5, 5.41) is 10.2. The molecular formula is C15H24N2O3S. The average Bonchev–Trinajstić information content (AvgIpc) is 2.61. The second-order valence-corrected chi connectivity index (χ2v) is 8.03. The third-order valence-electron chi connectivity index (χ3n) is 3.90. The van der Waals surface area contributed by atoms with E-state index in [0.29, 0.717) is 32.5 Å². The molecule has 1 aromatic carbocycles. The molecule has 1 aromatic rings. The second kappa shape index (κ2) is 7.35. The van der Waals surface area contributed by atoms with Crippen molar-refractivity contribution in [2.24, 2.45) is 5.73 Å². The van der Waals surface area contributed by atoms with Crippen LogP contribution in [-0.2, 0) is 16.3 Å². The summed E-state index contributed by atoms with van der Waals surface area (Å²) in [6.45, 7) is 1.62. The molecule has 1 saturated heterocycles.